The van der Waals surface area contributed by atoms with E-state index in [2.05, 4.69) is 21.3 Å². The average molecular weight is 558 g/mol. The standard InChI is InChI=1S/C29H43N5O6/c1-5-21-16-34(29(39)24-12-9-13-40-24)17-25(35)30-19(4)26(36)32-22(14-18(2)3)28(38)33-23(27(37)31-21)15-20-10-7-6-8-11-20/h6-8,10-11,18-19,21-24H,5,9,12-17H2,1-4H3,(H,30,35)(H,31,37)(H,32,36)(H,33,38)/t19-,21+,22+,23+,24-/m1/s1. The number of carbonyl (C=O) groups is 5. The van der Waals surface area contributed by atoms with Gasteiger partial charge in [0.2, 0.25) is 23.6 Å². The van der Waals surface area contributed by atoms with Crippen molar-refractivity contribution in [1.29, 1.82) is 0 Å². The Morgan fingerprint density at radius 3 is 2.27 bits per heavy atom. The summed E-state index contributed by atoms with van der Waals surface area (Å²) in [5.74, 6) is -2.18. The van der Waals surface area contributed by atoms with Crippen LogP contribution in [0.4, 0.5) is 0 Å². The van der Waals surface area contributed by atoms with Gasteiger partial charge in [-0.2, -0.15) is 0 Å². The molecule has 0 spiro atoms. The monoisotopic (exact) mass is 557 g/mol. The molecule has 3 rings (SSSR count). The Bertz CT molecular complexity index is 1040. The van der Waals surface area contributed by atoms with Crippen LogP contribution in [0, 0.1) is 5.92 Å². The first-order valence-corrected chi connectivity index (χ1v) is 14.2. The van der Waals surface area contributed by atoms with Crippen LogP contribution in [0.2, 0.25) is 0 Å². The van der Waals surface area contributed by atoms with E-state index in [1.165, 1.54) is 11.8 Å². The van der Waals surface area contributed by atoms with Gasteiger partial charge in [-0.15, -0.1) is 0 Å². The van der Waals surface area contributed by atoms with E-state index in [0.29, 0.717) is 25.9 Å². The predicted molar refractivity (Wildman–Crippen MR) is 149 cm³/mol. The highest BCUT2D eigenvalue weighted by Crippen LogP contribution is 2.16. The van der Waals surface area contributed by atoms with Crippen molar-refractivity contribution < 1.29 is 28.7 Å². The van der Waals surface area contributed by atoms with Gasteiger partial charge >= 0.3 is 0 Å². The van der Waals surface area contributed by atoms with E-state index in [-0.39, 0.29) is 31.3 Å². The van der Waals surface area contributed by atoms with Crippen LogP contribution in [0.15, 0.2) is 30.3 Å². The summed E-state index contributed by atoms with van der Waals surface area (Å²) in [6.07, 6.45) is 1.74. The van der Waals surface area contributed by atoms with Crippen molar-refractivity contribution in [2.24, 2.45) is 5.92 Å². The normalized spacial score (nSPS) is 27.2. The van der Waals surface area contributed by atoms with E-state index >= 15 is 0 Å². The Labute approximate surface area is 236 Å². The Kier molecular flexibility index (Phi) is 11.5. The Morgan fingerprint density at radius 1 is 0.975 bits per heavy atom. The summed E-state index contributed by atoms with van der Waals surface area (Å²) in [5.41, 5.74) is 0.858. The molecule has 0 aliphatic carbocycles. The molecule has 40 heavy (non-hydrogen) atoms. The van der Waals surface area contributed by atoms with E-state index < -0.39 is 53.9 Å². The summed E-state index contributed by atoms with van der Waals surface area (Å²) in [6.45, 7) is 7.53. The fourth-order valence-corrected chi connectivity index (χ4v) is 4.91. The highest BCUT2D eigenvalue weighted by Gasteiger charge is 2.34. The first-order chi connectivity index (χ1) is 19.1. The summed E-state index contributed by atoms with van der Waals surface area (Å²) >= 11 is 0. The van der Waals surface area contributed by atoms with Crippen molar-refractivity contribution in [3.8, 4) is 0 Å². The van der Waals surface area contributed by atoms with Crippen molar-refractivity contribution in [2.45, 2.75) is 90.1 Å². The number of hydrogen-bond acceptors (Lipinski definition) is 6. The number of carbonyl (C=O) groups excluding carboxylic acids is 5. The van der Waals surface area contributed by atoms with E-state index in [1.807, 2.05) is 51.1 Å². The molecular formula is C29H43N5O6. The molecule has 0 bridgehead atoms. The molecule has 220 valence electrons. The lowest BCUT2D eigenvalue weighted by atomic mass is 10.0. The van der Waals surface area contributed by atoms with Crippen LogP contribution in [-0.2, 0) is 35.1 Å². The highest BCUT2D eigenvalue weighted by atomic mass is 16.5. The maximum Gasteiger partial charge on any atom is 0.252 e. The van der Waals surface area contributed by atoms with Crippen molar-refractivity contribution in [1.82, 2.24) is 26.2 Å². The number of nitrogens with one attached hydrogen (secondary N) is 4. The fraction of sp³-hybridized carbons (Fsp3) is 0.621. The van der Waals surface area contributed by atoms with Gasteiger partial charge in [0, 0.05) is 25.6 Å². The van der Waals surface area contributed by atoms with Gasteiger partial charge < -0.3 is 30.9 Å². The third-order valence-corrected chi connectivity index (χ3v) is 7.16. The van der Waals surface area contributed by atoms with Crippen LogP contribution in [0.1, 0.15) is 58.9 Å². The summed E-state index contributed by atoms with van der Waals surface area (Å²) in [6, 6.07) is 6.10. The van der Waals surface area contributed by atoms with E-state index in [0.717, 1.165) is 12.0 Å². The van der Waals surface area contributed by atoms with Crippen molar-refractivity contribution >= 4 is 29.5 Å². The molecule has 2 fully saturated rings. The average Bonchev–Trinajstić information content (AvgIpc) is 3.45. The number of rotatable bonds is 6. The number of ether oxygens (including phenoxy) is 1. The molecule has 0 unspecified atom stereocenters. The van der Waals surface area contributed by atoms with E-state index in [9.17, 15) is 24.0 Å². The van der Waals surface area contributed by atoms with Crippen LogP contribution in [0.25, 0.3) is 0 Å². The minimum atomic E-state index is -0.943. The van der Waals surface area contributed by atoms with E-state index in [1.54, 1.807) is 0 Å². The summed E-state index contributed by atoms with van der Waals surface area (Å²) in [7, 11) is 0. The van der Waals surface area contributed by atoms with Gasteiger partial charge in [-0.3, -0.25) is 24.0 Å². The van der Waals surface area contributed by atoms with Crippen molar-refractivity contribution in [3.63, 3.8) is 0 Å². The first kappa shape index (κ1) is 31.1. The third-order valence-electron chi connectivity index (χ3n) is 7.16. The van der Waals surface area contributed by atoms with Gasteiger partial charge in [0.15, 0.2) is 0 Å². The van der Waals surface area contributed by atoms with Gasteiger partial charge in [-0.05, 0) is 44.1 Å². The molecule has 2 aliphatic rings. The number of amides is 5. The SMILES string of the molecule is CC[C@H]1CN(C(=O)[C@H]2CCCO2)CC(=O)N[C@H](C)C(=O)N[C@@H](CC(C)C)C(=O)N[C@@H](Cc2ccccc2)C(=O)N1. The molecule has 1 aromatic rings. The number of benzene rings is 1. The summed E-state index contributed by atoms with van der Waals surface area (Å²) in [4.78, 5) is 67.7. The molecule has 0 saturated carbocycles. The molecule has 0 radical (unpaired) electrons. The predicted octanol–water partition coefficient (Wildman–Crippen LogP) is 0.666. The lowest BCUT2D eigenvalue weighted by molar-refractivity contribution is -0.144. The lowest BCUT2D eigenvalue weighted by Crippen LogP contribution is -2.57. The number of hydrogen-bond donors (Lipinski definition) is 4. The number of nitrogens with zero attached hydrogens (tertiary/aromatic N) is 1. The minimum absolute atomic E-state index is 0.0753. The first-order valence-electron chi connectivity index (χ1n) is 14.2. The van der Waals surface area contributed by atoms with Gasteiger partial charge in [0.1, 0.15) is 24.2 Å². The smallest absolute Gasteiger partial charge is 0.252 e. The fourth-order valence-electron chi connectivity index (χ4n) is 4.91. The molecular weight excluding hydrogens is 514 g/mol. The van der Waals surface area contributed by atoms with Crippen LogP contribution < -0.4 is 21.3 Å². The van der Waals surface area contributed by atoms with E-state index in [4.69, 9.17) is 4.74 Å². The lowest BCUT2D eigenvalue weighted by Gasteiger charge is -2.30. The molecule has 11 heteroatoms. The van der Waals surface area contributed by atoms with Crippen molar-refractivity contribution in [3.05, 3.63) is 35.9 Å². The Hall–Kier alpha value is -3.47. The topological polar surface area (TPSA) is 146 Å². The highest BCUT2D eigenvalue weighted by molar-refractivity contribution is 5.95. The second kappa shape index (κ2) is 14.8. The van der Waals surface area contributed by atoms with Crippen LogP contribution >= 0.6 is 0 Å². The molecule has 2 aliphatic heterocycles. The quantitative estimate of drug-likeness (QED) is 0.404. The molecule has 2 heterocycles. The maximum absolute atomic E-state index is 13.6. The Balaban J connectivity index is 1.93. The molecule has 4 N–H and O–H groups in total. The molecule has 2 saturated heterocycles. The van der Waals surface area contributed by atoms with Gasteiger partial charge in [-0.25, -0.2) is 0 Å². The molecule has 11 nitrogen and oxygen atoms in total. The zero-order chi connectivity index (χ0) is 29.2. The second-order valence-electron chi connectivity index (χ2n) is 11.1. The molecule has 0 aromatic heterocycles. The molecule has 1 aromatic carbocycles. The maximum atomic E-state index is 13.6. The summed E-state index contributed by atoms with van der Waals surface area (Å²) < 4.78 is 5.57. The van der Waals surface area contributed by atoms with Gasteiger partial charge in [0.25, 0.3) is 5.91 Å². The molecule has 5 atom stereocenters. The van der Waals surface area contributed by atoms with Crippen LogP contribution in [-0.4, -0.2) is 84.4 Å². The zero-order valence-corrected chi connectivity index (χ0v) is 23.9. The molecule has 5 amide bonds. The van der Waals surface area contributed by atoms with Crippen LogP contribution in [0.3, 0.4) is 0 Å². The second-order valence-corrected chi connectivity index (χ2v) is 11.1. The zero-order valence-electron chi connectivity index (χ0n) is 23.9. The van der Waals surface area contributed by atoms with Gasteiger partial charge in [0.05, 0.1) is 6.54 Å². The van der Waals surface area contributed by atoms with Gasteiger partial charge in [-0.1, -0.05) is 51.1 Å². The van der Waals surface area contributed by atoms with Crippen LogP contribution in [0.5, 0.6) is 0 Å². The van der Waals surface area contributed by atoms with Crippen molar-refractivity contribution in [2.75, 3.05) is 19.7 Å². The minimum Gasteiger partial charge on any atom is -0.368 e. The largest absolute Gasteiger partial charge is 0.368 e. The Morgan fingerprint density at radius 2 is 1.65 bits per heavy atom. The third kappa shape index (κ3) is 9.04. The summed E-state index contributed by atoms with van der Waals surface area (Å²) in [5, 5.41) is 11.2.